The maximum atomic E-state index is 5.69. The van der Waals surface area contributed by atoms with E-state index in [9.17, 15) is 0 Å². The lowest BCUT2D eigenvalue weighted by molar-refractivity contribution is 0.480. The summed E-state index contributed by atoms with van der Waals surface area (Å²) in [6.07, 6.45) is 2.49. The summed E-state index contributed by atoms with van der Waals surface area (Å²) in [6.45, 7) is 2.20. The SMILES string of the molecule is Cl.c1ccc2oc(SC3CCCNC3)nc2c1. The highest BCUT2D eigenvalue weighted by atomic mass is 35.5. The van der Waals surface area contributed by atoms with E-state index < -0.39 is 0 Å². The number of halogens is 1. The van der Waals surface area contributed by atoms with E-state index in [4.69, 9.17) is 4.42 Å². The van der Waals surface area contributed by atoms with Crippen molar-refractivity contribution in [2.24, 2.45) is 0 Å². The second kappa shape index (κ2) is 5.76. The number of aromatic nitrogens is 1. The van der Waals surface area contributed by atoms with Crippen LogP contribution in [0.5, 0.6) is 0 Å². The van der Waals surface area contributed by atoms with Gasteiger partial charge in [-0.25, -0.2) is 4.98 Å². The number of thioether (sulfide) groups is 1. The molecular formula is C12H15ClN2OS. The summed E-state index contributed by atoms with van der Waals surface area (Å²) in [7, 11) is 0. The molecule has 17 heavy (non-hydrogen) atoms. The van der Waals surface area contributed by atoms with Crippen LogP contribution < -0.4 is 5.32 Å². The Morgan fingerprint density at radius 1 is 1.35 bits per heavy atom. The van der Waals surface area contributed by atoms with E-state index >= 15 is 0 Å². The first-order chi connectivity index (χ1) is 7.92. The minimum absolute atomic E-state index is 0. The van der Waals surface area contributed by atoms with E-state index in [-0.39, 0.29) is 12.4 Å². The van der Waals surface area contributed by atoms with Gasteiger partial charge in [0, 0.05) is 11.8 Å². The predicted octanol–water partition coefficient (Wildman–Crippen LogP) is 3.09. The molecule has 5 heteroatoms. The first-order valence-corrected chi connectivity index (χ1v) is 6.53. The molecule has 2 heterocycles. The predicted molar refractivity (Wildman–Crippen MR) is 73.0 cm³/mol. The molecule has 0 saturated carbocycles. The number of para-hydroxylation sites is 2. The fourth-order valence-corrected chi connectivity index (χ4v) is 3.02. The van der Waals surface area contributed by atoms with Gasteiger partial charge >= 0.3 is 0 Å². The van der Waals surface area contributed by atoms with Crippen molar-refractivity contribution in [3.8, 4) is 0 Å². The van der Waals surface area contributed by atoms with Gasteiger partial charge in [-0.2, -0.15) is 0 Å². The van der Waals surface area contributed by atoms with Gasteiger partial charge in [-0.15, -0.1) is 12.4 Å². The summed E-state index contributed by atoms with van der Waals surface area (Å²) in [6, 6.07) is 7.92. The zero-order valence-corrected chi connectivity index (χ0v) is 11.0. The Morgan fingerprint density at radius 3 is 3.00 bits per heavy atom. The van der Waals surface area contributed by atoms with E-state index in [1.54, 1.807) is 11.8 Å². The first kappa shape index (κ1) is 12.7. The van der Waals surface area contributed by atoms with Crippen LogP contribution in [-0.4, -0.2) is 23.3 Å². The van der Waals surface area contributed by atoms with E-state index in [1.165, 1.54) is 12.8 Å². The average molecular weight is 271 g/mol. The Bertz CT molecular complexity index is 449. The summed E-state index contributed by atoms with van der Waals surface area (Å²) >= 11 is 1.75. The minimum Gasteiger partial charge on any atom is -0.431 e. The first-order valence-electron chi connectivity index (χ1n) is 5.65. The second-order valence-electron chi connectivity index (χ2n) is 4.03. The van der Waals surface area contributed by atoms with Gasteiger partial charge < -0.3 is 9.73 Å². The molecule has 0 bridgehead atoms. The van der Waals surface area contributed by atoms with Crippen LogP contribution in [0.1, 0.15) is 12.8 Å². The van der Waals surface area contributed by atoms with Crippen LogP contribution in [-0.2, 0) is 0 Å². The van der Waals surface area contributed by atoms with Gasteiger partial charge in [0.1, 0.15) is 5.52 Å². The van der Waals surface area contributed by atoms with Crippen molar-refractivity contribution in [1.82, 2.24) is 10.3 Å². The van der Waals surface area contributed by atoms with Crippen molar-refractivity contribution in [3.05, 3.63) is 24.3 Å². The quantitative estimate of drug-likeness (QED) is 0.910. The Labute approximate surface area is 111 Å². The van der Waals surface area contributed by atoms with Crippen LogP contribution in [0.25, 0.3) is 11.1 Å². The van der Waals surface area contributed by atoms with Crippen LogP contribution in [0.15, 0.2) is 33.9 Å². The number of benzene rings is 1. The summed E-state index contributed by atoms with van der Waals surface area (Å²) < 4.78 is 5.69. The molecule has 2 aromatic rings. The van der Waals surface area contributed by atoms with E-state index in [1.807, 2.05) is 24.3 Å². The lowest BCUT2D eigenvalue weighted by Gasteiger charge is -2.20. The normalized spacial score (nSPS) is 20.1. The molecule has 1 fully saturated rings. The molecule has 1 aliphatic heterocycles. The fourth-order valence-electron chi connectivity index (χ4n) is 1.96. The number of fused-ring (bicyclic) bond motifs is 1. The monoisotopic (exact) mass is 270 g/mol. The lowest BCUT2D eigenvalue weighted by Crippen LogP contribution is -2.31. The maximum absolute atomic E-state index is 5.69. The van der Waals surface area contributed by atoms with Gasteiger partial charge in [0.05, 0.1) is 0 Å². The number of nitrogens with one attached hydrogen (secondary N) is 1. The molecule has 1 N–H and O–H groups in total. The van der Waals surface area contributed by atoms with Crippen molar-refractivity contribution >= 4 is 35.3 Å². The molecule has 1 aromatic heterocycles. The van der Waals surface area contributed by atoms with Crippen LogP contribution in [0.4, 0.5) is 0 Å². The smallest absolute Gasteiger partial charge is 0.257 e. The molecule has 1 aliphatic rings. The zero-order chi connectivity index (χ0) is 10.8. The second-order valence-corrected chi connectivity index (χ2v) is 5.29. The standard InChI is InChI=1S/C12H14N2OS.ClH/c1-2-6-11-10(5-1)14-12(15-11)16-9-4-3-7-13-8-9;/h1-2,5-6,9,13H,3-4,7-8H2;1H. The van der Waals surface area contributed by atoms with Crippen LogP contribution >= 0.6 is 24.2 Å². The maximum Gasteiger partial charge on any atom is 0.257 e. The van der Waals surface area contributed by atoms with Crippen molar-refractivity contribution in [1.29, 1.82) is 0 Å². The molecule has 0 radical (unpaired) electrons. The topological polar surface area (TPSA) is 38.1 Å². The zero-order valence-electron chi connectivity index (χ0n) is 9.39. The van der Waals surface area contributed by atoms with Crippen molar-refractivity contribution < 1.29 is 4.42 Å². The largest absolute Gasteiger partial charge is 0.431 e. The molecule has 0 spiro atoms. The number of rotatable bonds is 2. The third-order valence-electron chi connectivity index (χ3n) is 2.79. The van der Waals surface area contributed by atoms with Gasteiger partial charge in [0.25, 0.3) is 5.22 Å². The highest BCUT2D eigenvalue weighted by molar-refractivity contribution is 7.99. The van der Waals surface area contributed by atoms with Gasteiger partial charge in [0.15, 0.2) is 5.58 Å². The van der Waals surface area contributed by atoms with E-state index in [2.05, 4.69) is 10.3 Å². The van der Waals surface area contributed by atoms with Crippen molar-refractivity contribution in [2.45, 2.75) is 23.3 Å². The molecule has 1 atom stereocenters. The summed E-state index contributed by atoms with van der Waals surface area (Å²) in [5.74, 6) is 0. The highest BCUT2D eigenvalue weighted by Crippen LogP contribution is 2.29. The van der Waals surface area contributed by atoms with E-state index in [0.29, 0.717) is 5.25 Å². The van der Waals surface area contributed by atoms with Crippen LogP contribution in [0, 0.1) is 0 Å². The number of piperidine rings is 1. The van der Waals surface area contributed by atoms with Crippen molar-refractivity contribution in [3.63, 3.8) is 0 Å². The van der Waals surface area contributed by atoms with Gasteiger partial charge in [-0.1, -0.05) is 23.9 Å². The molecule has 1 unspecified atom stereocenters. The molecule has 3 nitrogen and oxygen atoms in total. The van der Waals surface area contributed by atoms with Gasteiger partial charge in [-0.05, 0) is 31.5 Å². The number of hydrogen-bond acceptors (Lipinski definition) is 4. The lowest BCUT2D eigenvalue weighted by atomic mass is 10.2. The third-order valence-corrected chi connectivity index (χ3v) is 3.91. The highest BCUT2D eigenvalue weighted by Gasteiger charge is 2.17. The van der Waals surface area contributed by atoms with Gasteiger partial charge in [0.2, 0.25) is 0 Å². The molecule has 0 amide bonds. The third kappa shape index (κ3) is 2.94. The number of oxazole rings is 1. The van der Waals surface area contributed by atoms with Crippen LogP contribution in [0.2, 0.25) is 0 Å². The molecule has 1 saturated heterocycles. The average Bonchev–Trinajstić information content (AvgIpc) is 2.72. The molecule has 0 aliphatic carbocycles. The summed E-state index contributed by atoms with van der Waals surface area (Å²) in [4.78, 5) is 4.48. The Morgan fingerprint density at radius 2 is 2.24 bits per heavy atom. The Kier molecular flexibility index (Phi) is 4.31. The molecular weight excluding hydrogens is 256 g/mol. The Balaban J connectivity index is 0.00000108. The molecule has 3 rings (SSSR count). The summed E-state index contributed by atoms with van der Waals surface area (Å²) in [5.41, 5.74) is 1.84. The number of hydrogen-bond donors (Lipinski definition) is 1. The fraction of sp³-hybridized carbons (Fsp3) is 0.417. The molecule has 92 valence electrons. The Hall–Kier alpha value is -0.710. The number of nitrogens with zero attached hydrogens (tertiary/aromatic N) is 1. The van der Waals surface area contributed by atoms with E-state index in [0.717, 1.165) is 29.4 Å². The summed E-state index contributed by atoms with van der Waals surface area (Å²) in [5, 5.41) is 4.80. The van der Waals surface area contributed by atoms with Crippen LogP contribution in [0.3, 0.4) is 0 Å². The van der Waals surface area contributed by atoms with Gasteiger partial charge in [-0.3, -0.25) is 0 Å². The minimum atomic E-state index is 0. The molecule has 1 aromatic carbocycles. The van der Waals surface area contributed by atoms with Crippen molar-refractivity contribution in [2.75, 3.05) is 13.1 Å².